The third kappa shape index (κ3) is 11.9. The fourth-order valence-corrected chi connectivity index (χ4v) is 11.3. The molecule has 2 aromatic carbocycles. The molecule has 2 aromatic heterocycles. The van der Waals surface area contributed by atoms with Gasteiger partial charge in [-0.1, -0.05) is 37.3 Å². The second-order valence-corrected chi connectivity index (χ2v) is 20.8. The van der Waals surface area contributed by atoms with E-state index in [1.54, 1.807) is 50.2 Å². The number of fused-ring (bicyclic) bond motifs is 5. The molecule has 1 saturated heterocycles. The number of hydrogen-bond donors (Lipinski definition) is 7. The average molecular weight is 1120 g/mol. The molecule has 81 heavy (non-hydrogen) atoms. The fraction of sp³-hybridized carbons (Fsp3) is 0.439. The van der Waals surface area contributed by atoms with Crippen molar-refractivity contribution < 1.29 is 66.9 Å². The van der Waals surface area contributed by atoms with Gasteiger partial charge in [-0.05, 0) is 92.8 Å². The van der Waals surface area contributed by atoms with E-state index in [0.29, 0.717) is 75.8 Å². The maximum atomic E-state index is 15.5. The van der Waals surface area contributed by atoms with Crippen LogP contribution in [0.15, 0.2) is 59.4 Å². The highest BCUT2D eigenvalue weighted by atomic mass is 19.1. The molecule has 23 nitrogen and oxygen atoms in total. The molecule has 7 amide bonds. The summed E-state index contributed by atoms with van der Waals surface area (Å²) >= 11 is 0. The topological polar surface area (TPSA) is 320 Å². The maximum Gasteiger partial charge on any atom is 0.343 e. The van der Waals surface area contributed by atoms with E-state index in [1.165, 1.54) is 34.6 Å². The molecule has 5 atom stereocenters. The standard InChI is InChI=1S/C57H62FN9O14/c1-4-57(79)36-22-42-51-34(27-67(42)55(77)35(36)28-81-56(57)78)50-38(13-12-32-29(2)37(58)23-39(64-51)49(32)50)65-53(75)41-11-8-18-66(41)54(76)30(3)62-47(72)26-61-52(74)40(21-31-9-6-5-7-10-31)63-48(73)25-60-46(71)24-59-45(70)17-20-80-19-16-33-43(68)14-15-44(33)69/h5-7,9-10,14-15,22-23,30,33,38,40-41,79H,4,8,11-13,16-21,24-28H2,1-3H3,(H,59,70)(H,60,71)(H,61,74)(H,62,72)(H,63,73)(H,65,75)/t30?,38-,40-,41-,57-/m0/s1. The van der Waals surface area contributed by atoms with Crippen LogP contribution in [0, 0.1) is 18.7 Å². The zero-order valence-electron chi connectivity index (χ0n) is 44.9. The SMILES string of the molecule is CC[C@@]1(O)C(=O)OCc2c1cc1n(c2=O)Cc2c-1nc1cc(F)c(C)c3c1c2[C@@H](NC(=O)[C@@H]1CCCN1C(=O)C(C)NC(=O)CNC(=O)[C@H](Cc1ccccc1)NC(=O)CNC(=O)CNC(=O)CCOCCC1C(=O)C=CC1=O)CC3. The Labute approximate surface area is 463 Å². The van der Waals surface area contributed by atoms with Crippen LogP contribution in [0.25, 0.3) is 22.3 Å². The first-order valence-electron chi connectivity index (χ1n) is 27.0. The first-order chi connectivity index (χ1) is 38.8. The Balaban J connectivity index is 0.788. The Bertz CT molecular complexity index is 3360. The molecule has 4 aromatic rings. The number of likely N-dealkylation sites (tertiary alicyclic amines) is 1. The van der Waals surface area contributed by atoms with E-state index in [4.69, 9.17) is 14.5 Å². The summed E-state index contributed by atoms with van der Waals surface area (Å²) in [6, 6.07) is 7.61. The number of ether oxygens (including phenoxy) is 2. The number of pyridine rings is 2. The van der Waals surface area contributed by atoms with Gasteiger partial charge < -0.3 is 55.9 Å². The van der Waals surface area contributed by atoms with Crippen LogP contribution >= 0.6 is 0 Å². The molecule has 2 aliphatic carbocycles. The second kappa shape index (κ2) is 24.1. The number of esters is 1. The van der Waals surface area contributed by atoms with Gasteiger partial charge in [-0.15, -0.1) is 0 Å². The van der Waals surface area contributed by atoms with Crippen LogP contribution in [0.1, 0.15) is 97.4 Å². The van der Waals surface area contributed by atoms with Crippen molar-refractivity contribution in [3.05, 3.63) is 110 Å². The summed E-state index contributed by atoms with van der Waals surface area (Å²) < 4.78 is 27.6. The number of halogens is 1. The van der Waals surface area contributed by atoms with E-state index >= 15 is 4.39 Å². The number of carbonyl (C=O) groups excluding carboxylic acids is 10. The summed E-state index contributed by atoms with van der Waals surface area (Å²) in [5, 5.41) is 27.7. The van der Waals surface area contributed by atoms with Crippen LogP contribution in [0.3, 0.4) is 0 Å². The second-order valence-electron chi connectivity index (χ2n) is 20.8. The number of benzene rings is 2. The molecule has 1 fully saturated rings. The van der Waals surface area contributed by atoms with Crippen molar-refractivity contribution in [2.45, 2.75) is 115 Å². The number of amides is 7. The van der Waals surface area contributed by atoms with Gasteiger partial charge in [0, 0.05) is 48.6 Å². The van der Waals surface area contributed by atoms with Gasteiger partial charge in [-0.2, -0.15) is 0 Å². The van der Waals surface area contributed by atoms with Crippen LogP contribution in [-0.4, -0.2) is 136 Å². The van der Waals surface area contributed by atoms with Crippen molar-refractivity contribution >= 4 is 69.8 Å². The molecule has 0 spiro atoms. The number of aromatic nitrogens is 2. The summed E-state index contributed by atoms with van der Waals surface area (Å²) in [4.78, 5) is 150. The Hall–Kier alpha value is -8.51. The predicted molar refractivity (Wildman–Crippen MR) is 285 cm³/mol. The molecule has 1 unspecified atom stereocenters. The Morgan fingerprint density at radius 3 is 2.32 bits per heavy atom. The summed E-state index contributed by atoms with van der Waals surface area (Å²) in [5.41, 5.74) is 1.72. The highest BCUT2D eigenvalue weighted by Crippen LogP contribution is 2.46. The van der Waals surface area contributed by atoms with E-state index in [9.17, 15) is 57.8 Å². The number of rotatable bonds is 21. The van der Waals surface area contributed by atoms with Gasteiger partial charge in [0.2, 0.25) is 41.4 Å². The zero-order chi connectivity index (χ0) is 57.9. The van der Waals surface area contributed by atoms with Gasteiger partial charge in [-0.25, -0.2) is 14.2 Å². The fourth-order valence-electron chi connectivity index (χ4n) is 11.3. The van der Waals surface area contributed by atoms with Crippen molar-refractivity contribution in [3.63, 3.8) is 0 Å². The van der Waals surface area contributed by atoms with Crippen LogP contribution in [0.2, 0.25) is 0 Å². The molecule has 7 N–H and O–H groups in total. The third-order valence-electron chi connectivity index (χ3n) is 15.7. The first kappa shape index (κ1) is 57.2. The summed E-state index contributed by atoms with van der Waals surface area (Å²) in [6.07, 6.45) is 3.97. The van der Waals surface area contributed by atoms with E-state index in [0.717, 1.165) is 0 Å². The molecule has 9 rings (SSSR count). The normalized spacial score (nSPS) is 19.5. The molecule has 0 radical (unpaired) electrons. The number of nitrogens with zero attached hydrogens (tertiary/aromatic N) is 3. The van der Waals surface area contributed by atoms with Crippen LogP contribution < -0.4 is 37.5 Å². The highest BCUT2D eigenvalue weighted by molar-refractivity contribution is 6.18. The average Bonchev–Trinajstić information content (AvgIpc) is 4.28. The smallest absolute Gasteiger partial charge is 0.343 e. The lowest BCUT2D eigenvalue weighted by molar-refractivity contribution is -0.172. The Morgan fingerprint density at radius 1 is 0.877 bits per heavy atom. The van der Waals surface area contributed by atoms with Crippen LogP contribution in [0.5, 0.6) is 0 Å². The van der Waals surface area contributed by atoms with E-state index in [1.807, 2.05) is 0 Å². The van der Waals surface area contributed by atoms with Gasteiger partial charge in [0.15, 0.2) is 17.2 Å². The van der Waals surface area contributed by atoms with Crippen molar-refractivity contribution in [1.82, 2.24) is 46.4 Å². The largest absolute Gasteiger partial charge is 0.458 e. The minimum absolute atomic E-state index is 0.00224. The summed E-state index contributed by atoms with van der Waals surface area (Å²) in [7, 11) is 0. The van der Waals surface area contributed by atoms with Crippen molar-refractivity contribution in [2.24, 2.45) is 5.92 Å². The van der Waals surface area contributed by atoms with Gasteiger partial charge >= 0.3 is 5.97 Å². The van der Waals surface area contributed by atoms with Gasteiger partial charge in [-0.3, -0.25) is 47.9 Å². The van der Waals surface area contributed by atoms with Crippen LogP contribution in [-0.2, 0) is 89.0 Å². The minimum atomic E-state index is -2.07. The number of carbonyl (C=O) groups is 10. The predicted octanol–water partition coefficient (Wildman–Crippen LogP) is 0.323. The number of hydrogen-bond acceptors (Lipinski definition) is 15. The number of aliphatic hydroxyl groups is 1. The molecule has 24 heteroatoms. The van der Waals surface area contributed by atoms with Gasteiger partial charge in [0.25, 0.3) is 5.56 Å². The Kier molecular flexibility index (Phi) is 17.0. The molecule has 5 aliphatic rings. The lowest BCUT2D eigenvalue weighted by atomic mass is 9.81. The number of ketones is 2. The highest BCUT2D eigenvalue weighted by Gasteiger charge is 2.46. The van der Waals surface area contributed by atoms with E-state index < -0.39 is 114 Å². The summed E-state index contributed by atoms with van der Waals surface area (Å²) in [5.74, 6) is -7.18. The van der Waals surface area contributed by atoms with Crippen molar-refractivity contribution in [3.8, 4) is 11.4 Å². The van der Waals surface area contributed by atoms with Crippen LogP contribution in [0.4, 0.5) is 4.39 Å². The first-order valence-corrected chi connectivity index (χ1v) is 27.0. The number of allylic oxidation sites excluding steroid dienone is 2. The van der Waals surface area contributed by atoms with E-state index in [-0.39, 0.29) is 81.3 Å². The lowest BCUT2D eigenvalue weighted by Gasteiger charge is -2.32. The quantitative estimate of drug-likeness (QED) is 0.0296. The number of aryl methyl sites for hydroxylation is 1. The molecule has 5 heterocycles. The molecular formula is C57H62FN9O14. The van der Waals surface area contributed by atoms with Gasteiger partial charge in [0.1, 0.15) is 30.5 Å². The number of cyclic esters (lactones) is 1. The maximum absolute atomic E-state index is 15.5. The van der Waals surface area contributed by atoms with Gasteiger partial charge in [0.05, 0.1) is 67.2 Å². The lowest BCUT2D eigenvalue weighted by Crippen LogP contribution is -2.55. The summed E-state index contributed by atoms with van der Waals surface area (Å²) in [6.45, 7) is 3.08. The van der Waals surface area contributed by atoms with Crippen molar-refractivity contribution in [1.29, 1.82) is 0 Å². The monoisotopic (exact) mass is 1120 g/mol. The molecular weight excluding hydrogens is 1050 g/mol. The molecule has 426 valence electrons. The van der Waals surface area contributed by atoms with E-state index in [2.05, 4.69) is 31.9 Å². The molecule has 0 bridgehead atoms. The molecule has 0 saturated carbocycles. The molecule has 3 aliphatic heterocycles. The Morgan fingerprint density at radius 2 is 1.58 bits per heavy atom. The minimum Gasteiger partial charge on any atom is -0.458 e. The zero-order valence-corrected chi connectivity index (χ0v) is 44.9. The van der Waals surface area contributed by atoms with Crippen molar-refractivity contribution in [2.75, 3.05) is 39.4 Å². The number of nitrogens with one attached hydrogen (secondary N) is 6. The third-order valence-corrected chi connectivity index (χ3v) is 15.7.